The number of benzene rings is 1. The van der Waals surface area contributed by atoms with Crippen LogP contribution >= 0.6 is 11.6 Å². The molecule has 0 saturated heterocycles. The van der Waals surface area contributed by atoms with Crippen molar-refractivity contribution in [3.05, 3.63) is 62.6 Å². The summed E-state index contributed by atoms with van der Waals surface area (Å²) in [4.78, 5) is 16.6. The van der Waals surface area contributed by atoms with E-state index in [4.69, 9.17) is 16.0 Å². The molecule has 0 spiro atoms. The van der Waals surface area contributed by atoms with Gasteiger partial charge in [0.15, 0.2) is 0 Å². The number of aryl methyl sites for hydroxylation is 2. The number of hydrogen-bond acceptors (Lipinski definition) is 3. The number of fused-ring (bicyclic) bond motifs is 1. The smallest absolute Gasteiger partial charge is 0.265 e. The lowest BCUT2D eigenvalue weighted by atomic mass is 10.2. The maximum atomic E-state index is 13.8. The average molecular weight is 307 g/mol. The quantitative estimate of drug-likeness (QED) is 0.728. The molecule has 0 aliphatic rings. The highest BCUT2D eigenvalue weighted by Gasteiger charge is 2.15. The van der Waals surface area contributed by atoms with E-state index < -0.39 is 5.82 Å². The Morgan fingerprint density at radius 1 is 1.38 bits per heavy atom. The lowest BCUT2D eigenvalue weighted by Crippen LogP contribution is -2.21. The fraction of sp³-hybridized carbons (Fsp3) is 0.200. The summed E-state index contributed by atoms with van der Waals surface area (Å²) in [6.45, 7) is 3.59. The van der Waals surface area contributed by atoms with Crippen LogP contribution in [-0.4, -0.2) is 9.55 Å². The van der Waals surface area contributed by atoms with Gasteiger partial charge in [-0.2, -0.15) is 0 Å². The molecule has 0 aliphatic carbocycles. The Labute approximate surface area is 124 Å². The molecule has 3 rings (SSSR count). The maximum absolute atomic E-state index is 13.8. The standard InChI is InChI=1S/C15H12ClFN2O2/c1-8-9(2)21-14-13(8)15(20)19(7-18-14)6-10-11(16)4-3-5-12(10)17/h3-5,7H,6H2,1-2H3. The third kappa shape index (κ3) is 2.23. The number of furan rings is 1. The number of aromatic nitrogens is 2. The lowest BCUT2D eigenvalue weighted by molar-refractivity contribution is 0.559. The van der Waals surface area contributed by atoms with Gasteiger partial charge >= 0.3 is 0 Å². The minimum Gasteiger partial charge on any atom is -0.443 e. The van der Waals surface area contributed by atoms with E-state index in [0.717, 1.165) is 5.56 Å². The summed E-state index contributed by atoms with van der Waals surface area (Å²) >= 11 is 5.99. The first-order valence-electron chi connectivity index (χ1n) is 6.37. The third-order valence-electron chi connectivity index (χ3n) is 3.55. The third-order valence-corrected chi connectivity index (χ3v) is 3.90. The molecule has 0 N–H and O–H groups in total. The Hall–Kier alpha value is -2.14. The number of rotatable bonds is 2. The molecule has 2 aromatic heterocycles. The second-order valence-electron chi connectivity index (χ2n) is 4.84. The van der Waals surface area contributed by atoms with Gasteiger partial charge in [-0.25, -0.2) is 9.37 Å². The second kappa shape index (κ2) is 5.00. The SMILES string of the molecule is Cc1oc2ncn(Cc3c(F)cccc3Cl)c(=O)c2c1C. The molecule has 2 heterocycles. The molecule has 0 bridgehead atoms. The Balaban J connectivity index is 2.16. The maximum Gasteiger partial charge on any atom is 0.265 e. The molecule has 6 heteroatoms. The van der Waals surface area contributed by atoms with E-state index in [0.29, 0.717) is 16.9 Å². The molecule has 0 radical (unpaired) electrons. The van der Waals surface area contributed by atoms with E-state index in [1.165, 1.54) is 23.0 Å². The zero-order valence-electron chi connectivity index (χ0n) is 11.5. The van der Waals surface area contributed by atoms with Crippen molar-refractivity contribution >= 4 is 22.7 Å². The van der Waals surface area contributed by atoms with Crippen LogP contribution in [-0.2, 0) is 6.54 Å². The molecule has 4 nitrogen and oxygen atoms in total. The summed E-state index contributed by atoms with van der Waals surface area (Å²) in [7, 11) is 0. The van der Waals surface area contributed by atoms with Crippen LogP contribution in [0.2, 0.25) is 5.02 Å². The van der Waals surface area contributed by atoms with Gasteiger partial charge in [0.1, 0.15) is 23.3 Å². The minimum absolute atomic E-state index is 0.0247. The largest absolute Gasteiger partial charge is 0.443 e. The molecular formula is C15H12ClFN2O2. The highest BCUT2D eigenvalue weighted by atomic mass is 35.5. The minimum atomic E-state index is -0.449. The van der Waals surface area contributed by atoms with Gasteiger partial charge in [0.2, 0.25) is 5.71 Å². The van der Waals surface area contributed by atoms with Crippen molar-refractivity contribution in [2.75, 3.05) is 0 Å². The van der Waals surface area contributed by atoms with Gasteiger partial charge in [-0.05, 0) is 26.0 Å². The summed E-state index contributed by atoms with van der Waals surface area (Å²) in [5.41, 5.74) is 1.04. The normalized spacial score (nSPS) is 11.2. The fourth-order valence-electron chi connectivity index (χ4n) is 2.24. The highest BCUT2D eigenvalue weighted by molar-refractivity contribution is 6.31. The number of nitrogens with zero attached hydrogens (tertiary/aromatic N) is 2. The van der Waals surface area contributed by atoms with Crippen molar-refractivity contribution in [2.24, 2.45) is 0 Å². The van der Waals surface area contributed by atoms with Crippen molar-refractivity contribution in [1.29, 1.82) is 0 Å². The number of halogens is 2. The Kier molecular flexibility index (Phi) is 3.29. The zero-order chi connectivity index (χ0) is 15.1. The van der Waals surface area contributed by atoms with Crippen molar-refractivity contribution in [2.45, 2.75) is 20.4 Å². The van der Waals surface area contributed by atoms with Crippen molar-refractivity contribution in [3.63, 3.8) is 0 Å². The van der Waals surface area contributed by atoms with E-state index >= 15 is 0 Å². The van der Waals surface area contributed by atoms with Gasteiger partial charge in [0, 0.05) is 16.1 Å². The molecule has 1 aromatic carbocycles. The first-order valence-corrected chi connectivity index (χ1v) is 6.75. The Morgan fingerprint density at radius 3 is 2.86 bits per heavy atom. The molecule has 0 unspecified atom stereocenters. The highest BCUT2D eigenvalue weighted by Crippen LogP contribution is 2.21. The molecule has 0 aliphatic heterocycles. The van der Waals surface area contributed by atoms with E-state index in [-0.39, 0.29) is 22.7 Å². The topological polar surface area (TPSA) is 48.0 Å². The van der Waals surface area contributed by atoms with Crippen molar-refractivity contribution in [1.82, 2.24) is 9.55 Å². The van der Waals surface area contributed by atoms with E-state index in [1.807, 2.05) is 0 Å². The fourth-order valence-corrected chi connectivity index (χ4v) is 2.46. The van der Waals surface area contributed by atoms with Crippen molar-refractivity contribution < 1.29 is 8.81 Å². The molecule has 0 amide bonds. The molecule has 0 fully saturated rings. The van der Waals surface area contributed by atoms with Crippen LogP contribution < -0.4 is 5.56 Å². The van der Waals surface area contributed by atoms with Crippen LogP contribution in [0.15, 0.2) is 33.7 Å². The van der Waals surface area contributed by atoms with Gasteiger partial charge < -0.3 is 4.42 Å². The molecule has 0 atom stereocenters. The van der Waals surface area contributed by atoms with Gasteiger partial charge in [-0.1, -0.05) is 17.7 Å². The van der Waals surface area contributed by atoms with Crippen LogP contribution in [0.3, 0.4) is 0 Å². The number of hydrogen-bond donors (Lipinski definition) is 0. The molecule has 3 aromatic rings. The van der Waals surface area contributed by atoms with Crippen LogP contribution in [0.4, 0.5) is 4.39 Å². The molecule has 21 heavy (non-hydrogen) atoms. The molecule has 108 valence electrons. The molecule has 0 saturated carbocycles. The van der Waals surface area contributed by atoms with E-state index in [2.05, 4.69) is 4.98 Å². The van der Waals surface area contributed by atoms with Gasteiger partial charge in [0.05, 0.1) is 6.54 Å². The van der Waals surface area contributed by atoms with E-state index in [1.54, 1.807) is 19.9 Å². The van der Waals surface area contributed by atoms with Gasteiger partial charge in [-0.3, -0.25) is 9.36 Å². The average Bonchev–Trinajstić information content (AvgIpc) is 2.73. The second-order valence-corrected chi connectivity index (χ2v) is 5.25. The van der Waals surface area contributed by atoms with Crippen molar-refractivity contribution in [3.8, 4) is 0 Å². The first-order chi connectivity index (χ1) is 9.99. The van der Waals surface area contributed by atoms with Crippen LogP contribution in [0, 0.1) is 19.7 Å². The summed E-state index contributed by atoms with van der Waals surface area (Å²) < 4.78 is 20.6. The monoisotopic (exact) mass is 306 g/mol. The van der Waals surface area contributed by atoms with Crippen LogP contribution in [0.25, 0.3) is 11.1 Å². The molecular weight excluding hydrogens is 295 g/mol. The predicted octanol–water partition coefficient (Wildman–Crippen LogP) is 3.45. The van der Waals surface area contributed by atoms with Crippen LogP contribution in [0.5, 0.6) is 0 Å². The first kappa shape index (κ1) is 13.8. The summed E-state index contributed by atoms with van der Waals surface area (Å²) in [6, 6.07) is 4.42. The zero-order valence-corrected chi connectivity index (χ0v) is 12.2. The predicted molar refractivity (Wildman–Crippen MR) is 78.3 cm³/mol. The summed E-state index contributed by atoms with van der Waals surface area (Å²) in [6.07, 6.45) is 1.34. The Bertz CT molecular complexity index is 878. The Morgan fingerprint density at radius 2 is 2.14 bits per heavy atom. The van der Waals surface area contributed by atoms with Gasteiger partial charge in [0.25, 0.3) is 5.56 Å². The van der Waals surface area contributed by atoms with Gasteiger partial charge in [-0.15, -0.1) is 0 Å². The summed E-state index contributed by atoms with van der Waals surface area (Å²) in [5.74, 6) is 0.200. The lowest BCUT2D eigenvalue weighted by Gasteiger charge is -2.08. The van der Waals surface area contributed by atoms with E-state index in [9.17, 15) is 9.18 Å². The summed E-state index contributed by atoms with van der Waals surface area (Å²) in [5, 5.41) is 0.699. The van der Waals surface area contributed by atoms with Crippen LogP contribution in [0.1, 0.15) is 16.9 Å².